The van der Waals surface area contributed by atoms with E-state index in [4.69, 9.17) is 19.4 Å². The van der Waals surface area contributed by atoms with Crippen LogP contribution in [0.4, 0.5) is 4.79 Å². The summed E-state index contributed by atoms with van der Waals surface area (Å²) in [4.78, 5) is 11.5. The lowest BCUT2D eigenvalue weighted by molar-refractivity contribution is -0.0658. The monoisotopic (exact) mass is 449 g/mol. The first kappa shape index (κ1) is 23.1. The van der Waals surface area contributed by atoms with E-state index in [1.165, 1.54) is 5.48 Å². The molecule has 1 aliphatic rings. The molecule has 168 valence electrons. The van der Waals surface area contributed by atoms with Gasteiger partial charge in [-0.05, 0) is 29.7 Å². The molecule has 0 aliphatic carbocycles. The number of hydrogen-bond acceptors (Lipinski definition) is 7. The molecule has 0 atom stereocenters. The number of nitrogens with one attached hydrogen (secondary N) is 1. The van der Waals surface area contributed by atoms with E-state index < -0.39 is 21.5 Å². The Morgan fingerprint density at radius 1 is 1.03 bits per heavy atom. The lowest BCUT2D eigenvalue weighted by Crippen LogP contribution is -2.48. The molecule has 1 amide bonds. The molecule has 2 aromatic rings. The highest BCUT2D eigenvalue weighted by Gasteiger charge is 2.40. The molecular weight excluding hydrogens is 422 g/mol. The van der Waals surface area contributed by atoms with E-state index >= 15 is 0 Å². The Morgan fingerprint density at radius 3 is 2.32 bits per heavy atom. The molecule has 2 aromatic carbocycles. The van der Waals surface area contributed by atoms with E-state index in [-0.39, 0.29) is 44.2 Å². The van der Waals surface area contributed by atoms with Gasteiger partial charge < -0.3 is 14.2 Å². The maximum absolute atomic E-state index is 12.6. The summed E-state index contributed by atoms with van der Waals surface area (Å²) in [5.41, 5.74) is 2.38. The quantitative estimate of drug-likeness (QED) is 0.343. The van der Waals surface area contributed by atoms with Crippen LogP contribution in [-0.2, 0) is 19.3 Å². The number of amides is 1. The molecule has 0 bridgehead atoms. The Balaban J connectivity index is 1.49. The molecule has 0 aromatic heterocycles. The van der Waals surface area contributed by atoms with Crippen molar-refractivity contribution in [2.75, 3.05) is 31.3 Å². The Kier molecular flexibility index (Phi) is 7.89. The molecule has 31 heavy (non-hydrogen) atoms. The van der Waals surface area contributed by atoms with Crippen molar-refractivity contribution in [1.29, 1.82) is 0 Å². The van der Waals surface area contributed by atoms with Crippen LogP contribution in [0.1, 0.15) is 19.3 Å². The normalized spacial score (nSPS) is 15.8. The molecule has 1 fully saturated rings. The number of rotatable bonds is 9. The summed E-state index contributed by atoms with van der Waals surface area (Å²) >= 11 is 0. The SMILES string of the molecule is O=C(NO)OC1(CS(=O)(=O)CCCOc2ccc(-c3ccccc3)cc2)CCOCC1. The molecule has 0 saturated carbocycles. The summed E-state index contributed by atoms with van der Waals surface area (Å²) in [6.45, 7) is 0.824. The van der Waals surface area contributed by atoms with Gasteiger partial charge in [0.1, 0.15) is 11.4 Å². The van der Waals surface area contributed by atoms with Crippen LogP contribution >= 0.6 is 0 Å². The van der Waals surface area contributed by atoms with Crippen molar-refractivity contribution >= 4 is 15.9 Å². The van der Waals surface area contributed by atoms with E-state index in [9.17, 15) is 13.2 Å². The van der Waals surface area contributed by atoms with Crippen molar-refractivity contribution in [2.24, 2.45) is 0 Å². The summed E-state index contributed by atoms with van der Waals surface area (Å²) in [6, 6.07) is 17.6. The summed E-state index contributed by atoms with van der Waals surface area (Å²) in [5.74, 6) is 0.255. The third kappa shape index (κ3) is 6.95. The third-order valence-corrected chi connectivity index (χ3v) is 6.99. The predicted octanol–water partition coefficient (Wildman–Crippen LogP) is 3.20. The first-order valence-electron chi connectivity index (χ1n) is 10.1. The average Bonchev–Trinajstić information content (AvgIpc) is 2.78. The van der Waals surface area contributed by atoms with Crippen molar-refractivity contribution in [2.45, 2.75) is 24.9 Å². The van der Waals surface area contributed by atoms with Gasteiger partial charge in [0.25, 0.3) is 0 Å². The van der Waals surface area contributed by atoms with E-state index in [0.717, 1.165) is 11.1 Å². The first-order valence-corrected chi connectivity index (χ1v) is 11.9. The topological polar surface area (TPSA) is 111 Å². The number of hydrogen-bond donors (Lipinski definition) is 2. The molecule has 1 aliphatic heterocycles. The smallest absolute Gasteiger partial charge is 0.431 e. The van der Waals surface area contributed by atoms with Crippen molar-refractivity contribution in [3.8, 4) is 16.9 Å². The summed E-state index contributed by atoms with van der Waals surface area (Å²) < 4.78 is 41.4. The second-order valence-corrected chi connectivity index (χ2v) is 9.67. The molecular formula is C22H27NO7S. The van der Waals surface area contributed by atoms with Gasteiger partial charge in [-0.1, -0.05) is 42.5 Å². The molecule has 0 unspecified atom stereocenters. The molecule has 1 heterocycles. The van der Waals surface area contributed by atoms with Gasteiger partial charge in [0.15, 0.2) is 9.84 Å². The highest BCUT2D eigenvalue weighted by Crippen LogP contribution is 2.28. The predicted molar refractivity (Wildman–Crippen MR) is 115 cm³/mol. The van der Waals surface area contributed by atoms with Crippen LogP contribution < -0.4 is 10.2 Å². The fourth-order valence-corrected chi connectivity index (χ4v) is 5.41. The van der Waals surface area contributed by atoms with Gasteiger partial charge in [0.05, 0.1) is 31.3 Å². The second-order valence-electron chi connectivity index (χ2n) is 7.48. The maximum Gasteiger partial charge on any atom is 0.431 e. The van der Waals surface area contributed by atoms with E-state index in [1.54, 1.807) is 0 Å². The van der Waals surface area contributed by atoms with Crippen LogP contribution in [-0.4, -0.2) is 56.6 Å². The molecule has 0 radical (unpaired) electrons. The van der Waals surface area contributed by atoms with Gasteiger partial charge in [-0.15, -0.1) is 0 Å². The standard InChI is InChI=1S/C22H27NO7S/c24-21(23-25)30-22(11-14-28-15-12-22)17-31(26,27)16-4-13-29-20-9-7-19(8-10-20)18-5-2-1-3-6-18/h1-3,5-10,25H,4,11-17H2,(H,23,24). The third-order valence-electron chi connectivity index (χ3n) is 5.12. The van der Waals surface area contributed by atoms with Gasteiger partial charge in [-0.2, -0.15) is 0 Å². The molecule has 2 N–H and O–H groups in total. The Bertz CT molecular complexity index is 940. The lowest BCUT2D eigenvalue weighted by atomic mass is 9.96. The largest absolute Gasteiger partial charge is 0.494 e. The van der Waals surface area contributed by atoms with Crippen molar-refractivity contribution in [3.05, 3.63) is 54.6 Å². The van der Waals surface area contributed by atoms with Crippen LogP contribution in [0.2, 0.25) is 0 Å². The van der Waals surface area contributed by atoms with Gasteiger partial charge >= 0.3 is 6.09 Å². The highest BCUT2D eigenvalue weighted by molar-refractivity contribution is 7.91. The van der Waals surface area contributed by atoms with Crippen LogP contribution in [0.15, 0.2) is 54.6 Å². The maximum atomic E-state index is 12.6. The first-order chi connectivity index (χ1) is 14.9. The Hall–Kier alpha value is -2.62. The van der Waals surface area contributed by atoms with Crippen LogP contribution in [0.3, 0.4) is 0 Å². The van der Waals surface area contributed by atoms with E-state index in [1.807, 2.05) is 54.6 Å². The fourth-order valence-electron chi connectivity index (χ4n) is 3.55. The van der Waals surface area contributed by atoms with Crippen LogP contribution in [0, 0.1) is 0 Å². The van der Waals surface area contributed by atoms with Crippen LogP contribution in [0.5, 0.6) is 5.75 Å². The van der Waals surface area contributed by atoms with Crippen LogP contribution in [0.25, 0.3) is 11.1 Å². The lowest BCUT2D eigenvalue weighted by Gasteiger charge is -2.35. The minimum Gasteiger partial charge on any atom is -0.494 e. The Labute approximate surface area is 182 Å². The molecule has 1 saturated heterocycles. The minimum absolute atomic E-state index is 0.0954. The van der Waals surface area contributed by atoms with E-state index in [2.05, 4.69) is 0 Å². The number of carbonyl (C=O) groups excluding carboxylic acids is 1. The fraction of sp³-hybridized carbons (Fsp3) is 0.409. The zero-order chi connectivity index (χ0) is 22.2. The minimum atomic E-state index is -3.51. The van der Waals surface area contributed by atoms with Crippen molar-refractivity contribution < 1.29 is 32.6 Å². The van der Waals surface area contributed by atoms with Gasteiger partial charge in [0, 0.05) is 12.8 Å². The number of benzene rings is 2. The number of carbonyl (C=O) groups is 1. The number of ether oxygens (including phenoxy) is 3. The van der Waals surface area contributed by atoms with Gasteiger partial charge in [-0.3, -0.25) is 5.21 Å². The highest BCUT2D eigenvalue weighted by atomic mass is 32.2. The average molecular weight is 450 g/mol. The molecule has 3 rings (SSSR count). The van der Waals surface area contributed by atoms with E-state index in [0.29, 0.717) is 12.2 Å². The van der Waals surface area contributed by atoms with Crippen molar-refractivity contribution in [1.82, 2.24) is 5.48 Å². The second kappa shape index (κ2) is 10.6. The molecule has 0 spiro atoms. The van der Waals surface area contributed by atoms with Gasteiger partial charge in [0.2, 0.25) is 0 Å². The molecule has 9 heteroatoms. The summed E-state index contributed by atoms with van der Waals surface area (Å²) in [7, 11) is -3.51. The number of hydroxylamine groups is 1. The summed E-state index contributed by atoms with van der Waals surface area (Å²) in [6.07, 6.45) is -0.255. The zero-order valence-electron chi connectivity index (χ0n) is 17.2. The molecule has 8 nitrogen and oxygen atoms in total. The Morgan fingerprint density at radius 2 is 1.68 bits per heavy atom. The van der Waals surface area contributed by atoms with Crippen molar-refractivity contribution in [3.63, 3.8) is 0 Å². The zero-order valence-corrected chi connectivity index (χ0v) is 18.0. The summed E-state index contributed by atoms with van der Waals surface area (Å²) in [5, 5.41) is 8.72. The number of sulfone groups is 1. The van der Waals surface area contributed by atoms with Gasteiger partial charge in [-0.25, -0.2) is 18.7 Å².